The van der Waals surface area contributed by atoms with Gasteiger partial charge in [-0.2, -0.15) is 0 Å². The van der Waals surface area contributed by atoms with Gasteiger partial charge in [0.25, 0.3) is 0 Å². The Bertz CT molecular complexity index is 262. The molecule has 0 amide bonds. The predicted molar refractivity (Wildman–Crippen MR) is 44.2 cm³/mol. The van der Waals surface area contributed by atoms with Crippen LogP contribution in [0.2, 0.25) is 5.82 Å². The van der Waals surface area contributed by atoms with E-state index in [4.69, 9.17) is 4.65 Å². The highest BCUT2D eigenvalue weighted by Crippen LogP contribution is 2.40. The molecule has 1 fully saturated rings. The molecule has 0 bridgehead atoms. The minimum atomic E-state index is -0.754. The lowest BCUT2D eigenvalue weighted by Gasteiger charge is -2.13. The van der Waals surface area contributed by atoms with Crippen molar-refractivity contribution in [1.29, 1.82) is 0 Å². The van der Waals surface area contributed by atoms with E-state index in [-0.39, 0.29) is 17.7 Å². The van der Waals surface area contributed by atoms with E-state index in [2.05, 4.69) is 0 Å². The maximum atomic E-state index is 12.8. The fraction of sp³-hybridized carbons (Fsp3) is 0.500. The Kier molecular flexibility index (Phi) is 1.81. The van der Waals surface area contributed by atoms with Crippen LogP contribution >= 0.6 is 0 Å². The molecule has 1 aliphatic carbocycles. The molecule has 2 atom stereocenters. The van der Waals surface area contributed by atoms with Gasteiger partial charge in [-0.25, -0.2) is 4.39 Å². The van der Waals surface area contributed by atoms with Gasteiger partial charge in [0.05, 0.1) is 6.10 Å². The lowest BCUT2D eigenvalue weighted by atomic mass is 9.67. The maximum absolute atomic E-state index is 12.8. The van der Waals surface area contributed by atoms with E-state index in [9.17, 15) is 9.41 Å². The molecular formula is C8H10BFO2. The monoisotopic (exact) mass is 168 g/mol. The summed E-state index contributed by atoms with van der Waals surface area (Å²) in [5, 5.41) is 9.37. The molecule has 4 heteroatoms. The summed E-state index contributed by atoms with van der Waals surface area (Å²) in [4.78, 5) is 0. The first kappa shape index (κ1) is 8.01. The highest BCUT2D eigenvalue weighted by Gasteiger charge is 2.41. The lowest BCUT2D eigenvalue weighted by Crippen LogP contribution is -2.17. The van der Waals surface area contributed by atoms with Gasteiger partial charge in [-0.1, -0.05) is 0 Å². The Hall–Kier alpha value is -0.605. The van der Waals surface area contributed by atoms with Crippen LogP contribution in [-0.4, -0.2) is 18.2 Å². The second-order valence-electron chi connectivity index (χ2n) is 3.24. The van der Waals surface area contributed by atoms with Gasteiger partial charge in [-0.15, -0.1) is 0 Å². The molecule has 0 aromatic heterocycles. The second-order valence-corrected chi connectivity index (χ2v) is 3.24. The van der Waals surface area contributed by atoms with Crippen molar-refractivity contribution < 1.29 is 14.1 Å². The minimum absolute atomic E-state index is 0.0282. The smallest absolute Gasteiger partial charge is 0.427 e. The van der Waals surface area contributed by atoms with Gasteiger partial charge in [0.2, 0.25) is 0 Å². The molecule has 2 nitrogen and oxygen atoms in total. The normalized spacial score (nSPS) is 34.4. The molecule has 0 aromatic carbocycles. The SMILES string of the molecule is CC1OB(O)C2CC=C(F)C=C12. The first-order chi connectivity index (χ1) is 5.68. The first-order valence-electron chi connectivity index (χ1n) is 4.09. The summed E-state index contributed by atoms with van der Waals surface area (Å²) in [6, 6.07) is 0. The van der Waals surface area contributed by atoms with Crippen molar-refractivity contribution in [2.45, 2.75) is 25.3 Å². The van der Waals surface area contributed by atoms with Crippen LogP contribution in [0.25, 0.3) is 0 Å². The van der Waals surface area contributed by atoms with Crippen molar-refractivity contribution >= 4 is 7.12 Å². The Labute approximate surface area is 70.9 Å². The Morgan fingerprint density at radius 3 is 3.25 bits per heavy atom. The number of rotatable bonds is 0. The largest absolute Gasteiger partial charge is 0.462 e. The van der Waals surface area contributed by atoms with Crippen molar-refractivity contribution in [1.82, 2.24) is 0 Å². The van der Waals surface area contributed by atoms with Crippen LogP contribution in [0, 0.1) is 0 Å². The van der Waals surface area contributed by atoms with Crippen LogP contribution in [0.3, 0.4) is 0 Å². The van der Waals surface area contributed by atoms with Crippen LogP contribution in [-0.2, 0) is 4.65 Å². The molecule has 0 saturated carbocycles. The summed E-state index contributed by atoms with van der Waals surface area (Å²) in [7, 11) is -0.754. The highest BCUT2D eigenvalue weighted by molar-refractivity contribution is 6.47. The first-order valence-corrected chi connectivity index (χ1v) is 4.09. The summed E-state index contributed by atoms with van der Waals surface area (Å²) in [5.41, 5.74) is 0.877. The van der Waals surface area contributed by atoms with E-state index in [0.717, 1.165) is 5.57 Å². The fourth-order valence-corrected chi connectivity index (χ4v) is 1.78. The molecule has 0 aromatic rings. The average Bonchev–Trinajstić information content (AvgIpc) is 2.28. The summed E-state index contributed by atoms with van der Waals surface area (Å²) < 4.78 is 17.9. The topological polar surface area (TPSA) is 29.5 Å². The van der Waals surface area contributed by atoms with Gasteiger partial charge in [0.15, 0.2) is 0 Å². The number of fused-ring (bicyclic) bond motifs is 1. The molecule has 12 heavy (non-hydrogen) atoms. The van der Waals surface area contributed by atoms with E-state index >= 15 is 0 Å². The third kappa shape index (κ3) is 1.11. The number of hydrogen-bond acceptors (Lipinski definition) is 2. The molecule has 1 N–H and O–H groups in total. The molecule has 64 valence electrons. The zero-order valence-electron chi connectivity index (χ0n) is 6.83. The van der Waals surface area contributed by atoms with Crippen LogP contribution < -0.4 is 0 Å². The Morgan fingerprint density at radius 2 is 2.50 bits per heavy atom. The molecular weight excluding hydrogens is 158 g/mol. The van der Waals surface area contributed by atoms with Crippen molar-refractivity contribution in [3.8, 4) is 0 Å². The number of hydrogen-bond donors (Lipinski definition) is 1. The molecule has 2 aliphatic rings. The Morgan fingerprint density at radius 1 is 1.75 bits per heavy atom. The third-order valence-electron chi connectivity index (χ3n) is 2.46. The van der Waals surface area contributed by atoms with Crippen molar-refractivity contribution in [3.63, 3.8) is 0 Å². The molecule has 1 saturated heterocycles. The molecule has 0 spiro atoms. The summed E-state index contributed by atoms with van der Waals surface area (Å²) >= 11 is 0. The van der Waals surface area contributed by atoms with Gasteiger partial charge in [0, 0.05) is 5.82 Å². The molecule has 1 aliphatic heterocycles. The van der Waals surface area contributed by atoms with Crippen molar-refractivity contribution in [3.05, 3.63) is 23.6 Å². The van der Waals surface area contributed by atoms with Gasteiger partial charge in [-0.3, -0.25) is 0 Å². The van der Waals surface area contributed by atoms with Gasteiger partial charge in [-0.05, 0) is 31.1 Å². The van der Waals surface area contributed by atoms with E-state index in [1.54, 1.807) is 0 Å². The van der Waals surface area contributed by atoms with Gasteiger partial charge >= 0.3 is 7.12 Å². The number of allylic oxidation sites excluding steroid dienone is 3. The predicted octanol–water partition coefficient (Wildman–Crippen LogP) is 1.44. The average molecular weight is 168 g/mol. The standard InChI is InChI=1S/C8H10BFO2/c1-5-7-4-6(10)2-3-8(7)9(11)12-5/h2,4-5,8,11H,3H2,1H3. The van der Waals surface area contributed by atoms with E-state index in [0.29, 0.717) is 6.42 Å². The summed E-state index contributed by atoms with van der Waals surface area (Å²) in [6.07, 6.45) is 3.35. The van der Waals surface area contributed by atoms with Gasteiger partial charge < -0.3 is 9.68 Å². The van der Waals surface area contributed by atoms with E-state index < -0.39 is 7.12 Å². The maximum Gasteiger partial charge on any atom is 0.462 e. The number of halogens is 1. The summed E-state index contributed by atoms with van der Waals surface area (Å²) in [6.45, 7) is 1.83. The molecule has 2 unspecified atom stereocenters. The van der Waals surface area contributed by atoms with Gasteiger partial charge in [0.1, 0.15) is 5.83 Å². The quantitative estimate of drug-likeness (QED) is 0.554. The second kappa shape index (κ2) is 2.71. The van der Waals surface area contributed by atoms with Crippen LogP contribution in [0.4, 0.5) is 4.39 Å². The zero-order valence-corrected chi connectivity index (χ0v) is 6.83. The van der Waals surface area contributed by atoms with Crippen molar-refractivity contribution in [2.75, 3.05) is 0 Å². The van der Waals surface area contributed by atoms with E-state index in [1.807, 2.05) is 6.92 Å². The molecule has 2 rings (SSSR count). The van der Waals surface area contributed by atoms with Crippen LogP contribution in [0.1, 0.15) is 13.3 Å². The van der Waals surface area contributed by atoms with Crippen molar-refractivity contribution in [2.24, 2.45) is 0 Å². The minimum Gasteiger partial charge on any atom is -0.427 e. The Balaban J connectivity index is 2.29. The third-order valence-corrected chi connectivity index (χ3v) is 2.46. The highest BCUT2D eigenvalue weighted by atomic mass is 19.1. The van der Waals surface area contributed by atoms with E-state index in [1.165, 1.54) is 12.2 Å². The molecule has 0 radical (unpaired) electrons. The molecule has 1 heterocycles. The fourth-order valence-electron chi connectivity index (χ4n) is 1.78. The summed E-state index contributed by atoms with van der Waals surface area (Å²) in [5.74, 6) is -0.245. The zero-order chi connectivity index (χ0) is 8.72. The van der Waals surface area contributed by atoms with Crippen LogP contribution in [0.5, 0.6) is 0 Å². The lowest BCUT2D eigenvalue weighted by molar-refractivity contribution is 0.240. The van der Waals surface area contributed by atoms with Crippen LogP contribution in [0.15, 0.2) is 23.6 Å².